The van der Waals surface area contributed by atoms with Crippen LogP contribution < -0.4 is 5.32 Å². The quantitative estimate of drug-likeness (QED) is 0.889. The van der Waals surface area contributed by atoms with Crippen LogP contribution in [-0.2, 0) is 6.54 Å². The second kappa shape index (κ2) is 4.58. The standard InChI is InChI=1S/C15H16FNO/c1-10-8-11(16)2-5-13(10)14-6-7-18-15(14)9-17-12-3-4-12/h2,5-8,12,17H,3-4,9H2,1H3. The maximum atomic E-state index is 13.1. The lowest BCUT2D eigenvalue weighted by Crippen LogP contribution is -2.15. The zero-order chi connectivity index (χ0) is 12.5. The minimum atomic E-state index is -0.197. The van der Waals surface area contributed by atoms with Gasteiger partial charge in [-0.15, -0.1) is 0 Å². The SMILES string of the molecule is Cc1cc(F)ccc1-c1ccoc1CNC1CC1. The van der Waals surface area contributed by atoms with Gasteiger partial charge in [-0.2, -0.15) is 0 Å². The molecule has 1 N–H and O–H groups in total. The first-order chi connectivity index (χ1) is 8.74. The van der Waals surface area contributed by atoms with Crippen molar-refractivity contribution >= 4 is 0 Å². The van der Waals surface area contributed by atoms with Crippen LogP contribution in [0.4, 0.5) is 4.39 Å². The summed E-state index contributed by atoms with van der Waals surface area (Å²) in [5.74, 6) is 0.731. The molecule has 1 aliphatic carbocycles. The first-order valence-corrected chi connectivity index (χ1v) is 6.30. The molecule has 0 atom stereocenters. The number of hydrogen-bond donors (Lipinski definition) is 1. The lowest BCUT2D eigenvalue weighted by Gasteiger charge is -2.07. The molecule has 0 aliphatic heterocycles. The van der Waals surface area contributed by atoms with E-state index < -0.39 is 0 Å². The summed E-state index contributed by atoms with van der Waals surface area (Å²) in [6.45, 7) is 2.66. The van der Waals surface area contributed by atoms with Gasteiger partial charge in [0.1, 0.15) is 11.6 Å². The van der Waals surface area contributed by atoms with E-state index in [0.29, 0.717) is 6.04 Å². The molecule has 1 saturated carbocycles. The lowest BCUT2D eigenvalue weighted by molar-refractivity contribution is 0.483. The van der Waals surface area contributed by atoms with Crippen LogP contribution in [0.3, 0.4) is 0 Å². The summed E-state index contributed by atoms with van der Waals surface area (Å²) < 4.78 is 18.6. The van der Waals surface area contributed by atoms with Gasteiger partial charge in [-0.3, -0.25) is 0 Å². The first-order valence-electron chi connectivity index (χ1n) is 6.30. The van der Waals surface area contributed by atoms with Gasteiger partial charge in [0, 0.05) is 11.6 Å². The molecule has 0 radical (unpaired) electrons. The Morgan fingerprint density at radius 3 is 2.83 bits per heavy atom. The van der Waals surface area contributed by atoms with Gasteiger partial charge < -0.3 is 9.73 Å². The van der Waals surface area contributed by atoms with Crippen molar-refractivity contribution in [2.75, 3.05) is 0 Å². The van der Waals surface area contributed by atoms with E-state index in [1.807, 2.05) is 19.1 Å². The van der Waals surface area contributed by atoms with Gasteiger partial charge >= 0.3 is 0 Å². The maximum Gasteiger partial charge on any atom is 0.125 e. The van der Waals surface area contributed by atoms with Gasteiger partial charge in [0.2, 0.25) is 0 Å². The van der Waals surface area contributed by atoms with E-state index in [9.17, 15) is 4.39 Å². The van der Waals surface area contributed by atoms with Crippen LogP contribution in [0.25, 0.3) is 11.1 Å². The van der Waals surface area contributed by atoms with Crippen LogP contribution in [0.5, 0.6) is 0 Å². The Hall–Kier alpha value is -1.61. The molecule has 3 rings (SSSR count). The molecule has 0 saturated heterocycles. The van der Waals surface area contributed by atoms with E-state index in [4.69, 9.17) is 4.42 Å². The number of nitrogens with one attached hydrogen (secondary N) is 1. The maximum absolute atomic E-state index is 13.1. The summed E-state index contributed by atoms with van der Waals surface area (Å²) in [7, 11) is 0. The van der Waals surface area contributed by atoms with Crippen molar-refractivity contribution in [3.63, 3.8) is 0 Å². The van der Waals surface area contributed by atoms with Crippen LogP contribution in [-0.4, -0.2) is 6.04 Å². The van der Waals surface area contributed by atoms with E-state index in [1.165, 1.54) is 18.9 Å². The molecule has 0 amide bonds. The fraction of sp³-hybridized carbons (Fsp3) is 0.333. The van der Waals surface area contributed by atoms with E-state index in [2.05, 4.69) is 5.32 Å². The number of halogens is 1. The topological polar surface area (TPSA) is 25.2 Å². The number of aryl methyl sites for hydroxylation is 1. The molecule has 1 aromatic heterocycles. The van der Waals surface area contributed by atoms with Crippen molar-refractivity contribution in [2.24, 2.45) is 0 Å². The van der Waals surface area contributed by atoms with Gasteiger partial charge in [0.05, 0.1) is 12.8 Å². The normalized spacial score (nSPS) is 15.0. The predicted molar refractivity (Wildman–Crippen MR) is 68.7 cm³/mol. The van der Waals surface area contributed by atoms with Crippen LogP contribution in [0, 0.1) is 12.7 Å². The minimum absolute atomic E-state index is 0.197. The molecular weight excluding hydrogens is 229 g/mol. The Labute approximate surface area is 106 Å². The Balaban J connectivity index is 1.88. The van der Waals surface area contributed by atoms with Gasteiger partial charge in [0.25, 0.3) is 0 Å². The van der Waals surface area contributed by atoms with Gasteiger partial charge in [-0.1, -0.05) is 6.07 Å². The van der Waals surface area contributed by atoms with Crippen LogP contribution in [0.1, 0.15) is 24.2 Å². The van der Waals surface area contributed by atoms with Crippen molar-refractivity contribution in [1.29, 1.82) is 0 Å². The second-order valence-electron chi connectivity index (χ2n) is 4.87. The molecule has 1 fully saturated rings. The summed E-state index contributed by atoms with van der Waals surface area (Å²) in [6, 6.07) is 7.46. The number of furan rings is 1. The highest BCUT2D eigenvalue weighted by Gasteiger charge is 2.21. The van der Waals surface area contributed by atoms with Crippen molar-refractivity contribution in [1.82, 2.24) is 5.32 Å². The van der Waals surface area contributed by atoms with E-state index in [-0.39, 0.29) is 5.82 Å². The second-order valence-corrected chi connectivity index (χ2v) is 4.87. The highest BCUT2D eigenvalue weighted by molar-refractivity contribution is 5.68. The third kappa shape index (κ3) is 2.31. The smallest absolute Gasteiger partial charge is 0.125 e. The molecule has 0 unspecified atom stereocenters. The summed E-state index contributed by atoms with van der Waals surface area (Å²) in [6.07, 6.45) is 4.21. The van der Waals surface area contributed by atoms with Crippen LogP contribution in [0.2, 0.25) is 0 Å². The van der Waals surface area contributed by atoms with Crippen molar-refractivity contribution < 1.29 is 8.81 Å². The monoisotopic (exact) mass is 245 g/mol. The third-order valence-electron chi connectivity index (χ3n) is 3.35. The van der Waals surface area contributed by atoms with E-state index >= 15 is 0 Å². The average molecular weight is 245 g/mol. The molecule has 94 valence electrons. The molecular formula is C15H16FNO. The Bertz CT molecular complexity index is 557. The minimum Gasteiger partial charge on any atom is -0.467 e. The van der Waals surface area contributed by atoms with Gasteiger partial charge in [-0.05, 0) is 49.1 Å². The summed E-state index contributed by atoms with van der Waals surface area (Å²) >= 11 is 0. The molecule has 2 aromatic rings. The van der Waals surface area contributed by atoms with Crippen molar-refractivity contribution in [3.8, 4) is 11.1 Å². The van der Waals surface area contributed by atoms with Gasteiger partial charge in [0.15, 0.2) is 0 Å². The Kier molecular flexibility index (Phi) is 2.92. The molecule has 0 spiro atoms. The van der Waals surface area contributed by atoms with E-state index in [0.717, 1.165) is 29.0 Å². The largest absolute Gasteiger partial charge is 0.467 e. The molecule has 0 bridgehead atoms. The molecule has 1 heterocycles. The Morgan fingerprint density at radius 1 is 1.28 bits per heavy atom. The van der Waals surface area contributed by atoms with Crippen LogP contribution in [0.15, 0.2) is 34.9 Å². The van der Waals surface area contributed by atoms with E-state index in [1.54, 1.807) is 12.3 Å². The molecule has 1 aromatic carbocycles. The number of rotatable bonds is 4. The number of benzene rings is 1. The van der Waals surface area contributed by atoms with Gasteiger partial charge in [-0.25, -0.2) is 4.39 Å². The highest BCUT2D eigenvalue weighted by atomic mass is 19.1. The lowest BCUT2D eigenvalue weighted by atomic mass is 10.0. The highest BCUT2D eigenvalue weighted by Crippen LogP contribution is 2.29. The third-order valence-corrected chi connectivity index (χ3v) is 3.35. The molecule has 18 heavy (non-hydrogen) atoms. The first kappa shape index (κ1) is 11.5. The molecule has 1 aliphatic rings. The fourth-order valence-electron chi connectivity index (χ4n) is 2.17. The summed E-state index contributed by atoms with van der Waals surface area (Å²) in [5.41, 5.74) is 3.03. The van der Waals surface area contributed by atoms with Crippen LogP contribution >= 0.6 is 0 Å². The summed E-state index contributed by atoms with van der Waals surface area (Å²) in [4.78, 5) is 0. The van der Waals surface area contributed by atoms with Crippen molar-refractivity contribution in [2.45, 2.75) is 32.4 Å². The summed E-state index contributed by atoms with van der Waals surface area (Å²) in [5, 5.41) is 3.43. The Morgan fingerprint density at radius 2 is 2.11 bits per heavy atom. The average Bonchev–Trinajstić information content (AvgIpc) is 3.06. The zero-order valence-corrected chi connectivity index (χ0v) is 10.4. The molecule has 2 nitrogen and oxygen atoms in total. The zero-order valence-electron chi connectivity index (χ0n) is 10.4. The number of hydrogen-bond acceptors (Lipinski definition) is 2. The van der Waals surface area contributed by atoms with Crippen molar-refractivity contribution in [3.05, 3.63) is 47.7 Å². The predicted octanol–water partition coefficient (Wildman–Crippen LogP) is 3.65. The fourth-order valence-corrected chi connectivity index (χ4v) is 2.17. The molecule has 3 heteroatoms.